The van der Waals surface area contributed by atoms with E-state index >= 15 is 0 Å². The highest BCUT2D eigenvalue weighted by Gasteiger charge is 2.26. The average Bonchev–Trinajstić information content (AvgIpc) is 2.50. The van der Waals surface area contributed by atoms with Gasteiger partial charge in [0.05, 0.1) is 0 Å². The molecule has 0 aliphatic carbocycles. The predicted molar refractivity (Wildman–Crippen MR) is 86.1 cm³/mol. The van der Waals surface area contributed by atoms with Gasteiger partial charge in [0.1, 0.15) is 0 Å². The SMILES string of the molecule is CCC(C)N1CCN(C(CN)c2ccccc2Cl)CC1. The largest absolute Gasteiger partial charge is 0.329 e. The molecule has 0 bridgehead atoms. The molecule has 1 saturated heterocycles. The second-order valence-corrected chi connectivity index (χ2v) is 6.01. The van der Waals surface area contributed by atoms with Gasteiger partial charge >= 0.3 is 0 Å². The van der Waals surface area contributed by atoms with Crippen LogP contribution in [0.15, 0.2) is 24.3 Å². The minimum Gasteiger partial charge on any atom is -0.329 e. The minimum atomic E-state index is 0.239. The standard InChI is InChI=1S/C16H26ClN3/c1-3-13(2)19-8-10-20(11-9-19)16(12-18)14-6-4-5-7-15(14)17/h4-7,13,16H,3,8-12,18H2,1-2H3. The van der Waals surface area contributed by atoms with E-state index < -0.39 is 0 Å². The van der Waals surface area contributed by atoms with Crippen LogP contribution >= 0.6 is 11.6 Å². The molecule has 0 saturated carbocycles. The van der Waals surface area contributed by atoms with Gasteiger partial charge in [-0.1, -0.05) is 36.7 Å². The van der Waals surface area contributed by atoms with Crippen molar-refractivity contribution in [1.29, 1.82) is 0 Å². The summed E-state index contributed by atoms with van der Waals surface area (Å²) in [5.74, 6) is 0. The Morgan fingerprint density at radius 3 is 2.30 bits per heavy atom. The van der Waals surface area contributed by atoms with E-state index in [-0.39, 0.29) is 6.04 Å². The Bertz CT molecular complexity index is 416. The molecule has 112 valence electrons. The summed E-state index contributed by atoms with van der Waals surface area (Å²) in [6.07, 6.45) is 1.21. The average molecular weight is 296 g/mol. The highest BCUT2D eigenvalue weighted by molar-refractivity contribution is 6.31. The first-order valence-corrected chi connectivity index (χ1v) is 7.97. The van der Waals surface area contributed by atoms with Gasteiger partial charge in [-0.2, -0.15) is 0 Å². The number of nitrogens with zero attached hydrogens (tertiary/aromatic N) is 2. The zero-order chi connectivity index (χ0) is 14.5. The van der Waals surface area contributed by atoms with Gasteiger partial charge in [0.15, 0.2) is 0 Å². The van der Waals surface area contributed by atoms with E-state index in [1.54, 1.807) is 0 Å². The van der Waals surface area contributed by atoms with Crippen LogP contribution in [0.5, 0.6) is 0 Å². The molecule has 0 aromatic heterocycles. The molecule has 20 heavy (non-hydrogen) atoms. The lowest BCUT2D eigenvalue weighted by molar-refractivity contribution is 0.0744. The number of benzene rings is 1. The molecular formula is C16H26ClN3. The Hall–Kier alpha value is -0.610. The van der Waals surface area contributed by atoms with Crippen molar-refractivity contribution in [2.24, 2.45) is 5.73 Å². The van der Waals surface area contributed by atoms with Crippen LogP contribution < -0.4 is 5.73 Å². The van der Waals surface area contributed by atoms with E-state index in [1.807, 2.05) is 18.2 Å². The van der Waals surface area contributed by atoms with Crippen LogP contribution in [-0.4, -0.2) is 48.6 Å². The fourth-order valence-electron chi connectivity index (χ4n) is 2.97. The van der Waals surface area contributed by atoms with E-state index in [1.165, 1.54) is 6.42 Å². The first-order chi connectivity index (χ1) is 9.67. The Morgan fingerprint density at radius 2 is 1.75 bits per heavy atom. The number of halogens is 1. The molecule has 2 N–H and O–H groups in total. The summed E-state index contributed by atoms with van der Waals surface area (Å²) in [5, 5.41) is 0.826. The molecule has 0 amide bonds. The number of piperazine rings is 1. The number of hydrogen-bond acceptors (Lipinski definition) is 3. The Balaban J connectivity index is 2.03. The molecule has 3 nitrogen and oxygen atoms in total. The molecule has 2 rings (SSSR count). The molecule has 2 unspecified atom stereocenters. The van der Waals surface area contributed by atoms with Crippen molar-refractivity contribution in [3.8, 4) is 0 Å². The topological polar surface area (TPSA) is 32.5 Å². The molecule has 1 aliphatic heterocycles. The summed E-state index contributed by atoms with van der Waals surface area (Å²) >= 11 is 6.33. The van der Waals surface area contributed by atoms with Gasteiger partial charge in [0, 0.05) is 49.8 Å². The maximum atomic E-state index is 6.33. The lowest BCUT2D eigenvalue weighted by Gasteiger charge is -2.41. The van der Waals surface area contributed by atoms with Crippen molar-refractivity contribution in [2.75, 3.05) is 32.7 Å². The highest BCUT2D eigenvalue weighted by atomic mass is 35.5. The molecule has 0 spiro atoms. The number of hydrogen-bond donors (Lipinski definition) is 1. The predicted octanol–water partition coefficient (Wildman–Crippen LogP) is 2.76. The van der Waals surface area contributed by atoms with Crippen molar-refractivity contribution >= 4 is 11.6 Å². The summed E-state index contributed by atoms with van der Waals surface area (Å²) in [6, 6.07) is 8.98. The first-order valence-electron chi connectivity index (χ1n) is 7.60. The van der Waals surface area contributed by atoms with E-state index in [2.05, 4.69) is 29.7 Å². The highest BCUT2D eigenvalue weighted by Crippen LogP contribution is 2.27. The van der Waals surface area contributed by atoms with E-state index in [0.717, 1.165) is 36.8 Å². The number of rotatable bonds is 5. The second-order valence-electron chi connectivity index (χ2n) is 5.60. The maximum Gasteiger partial charge on any atom is 0.0486 e. The molecule has 1 aromatic carbocycles. The van der Waals surface area contributed by atoms with Gasteiger partial charge in [0.25, 0.3) is 0 Å². The fraction of sp³-hybridized carbons (Fsp3) is 0.625. The molecule has 0 radical (unpaired) electrons. The third kappa shape index (κ3) is 3.53. The van der Waals surface area contributed by atoms with Gasteiger partial charge in [-0.25, -0.2) is 0 Å². The molecule has 1 aromatic rings. The van der Waals surface area contributed by atoms with Gasteiger partial charge in [0.2, 0.25) is 0 Å². The van der Waals surface area contributed by atoms with Crippen molar-refractivity contribution < 1.29 is 0 Å². The Labute approximate surface area is 127 Å². The second kappa shape index (κ2) is 7.41. The monoisotopic (exact) mass is 295 g/mol. The third-order valence-corrected chi connectivity index (χ3v) is 4.84. The summed E-state index contributed by atoms with van der Waals surface area (Å²) in [5.41, 5.74) is 7.17. The summed E-state index contributed by atoms with van der Waals surface area (Å²) in [6.45, 7) is 9.56. The van der Waals surface area contributed by atoms with Crippen LogP contribution in [-0.2, 0) is 0 Å². The molecular weight excluding hydrogens is 270 g/mol. The summed E-state index contributed by atoms with van der Waals surface area (Å²) in [7, 11) is 0. The first kappa shape index (κ1) is 15.8. The van der Waals surface area contributed by atoms with Crippen molar-refractivity contribution in [3.05, 3.63) is 34.9 Å². The van der Waals surface area contributed by atoms with Gasteiger partial charge < -0.3 is 5.73 Å². The van der Waals surface area contributed by atoms with Gasteiger partial charge in [-0.3, -0.25) is 9.80 Å². The lowest BCUT2D eigenvalue weighted by atomic mass is 10.0. The summed E-state index contributed by atoms with van der Waals surface area (Å²) < 4.78 is 0. The normalized spacial score (nSPS) is 20.8. The Morgan fingerprint density at radius 1 is 1.15 bits per heavy atom. The van der Waals surface area contributed by atoms with Crippen molar-refractivity contribution in [2.45, 2.75) is 32.4 Å². The molecule has 4 heteroatoms. The zero-order valence-corrected chi connectivity index (χ0v) is 13.3. The van der Waals surface area contributed by atoms with Gasteiger partial charge in [-0.15, -0.1) is 0 Å². The molecule has 1 aliphatic rings. The van der Waals surface area contributed by atoms with E-state index in [0.29, 0.717) is 12.6 Å². The van der Waals surface area contributed by atoms with E-state index in [9.17, 15) is 0 Å². The van der Waals surface area contributed by atoms with Crippen LogP contribution in [0.1, 0.15) is 31.9 Å². The number of nitrogens with two attached hydrogens (primary N) is 1. The third-order valence-electron chi connectivity index (χ3n) is 4.49. The quantitative estimate of drug-likeness (QED) is 0.906. The van der Waals surface area contributed by atoms with Crippen LogP contribution in [0.25, 0.3) is 0 Å². The summed E-state index contributed by atoms with van der Waals surface area (Å²) in [4.78, 5) is 5.04. The molecule has 2 atom stereocenters. The molecule has 1 heterocycles. The Kier molecular flexibility index (Phi) is 5.85. The maximum absolute atomic E-state index is 6.33. The van der Waals surface area contributed by atoms with Crippen molar-refractivity contribution in [3.63, 3.8) is 0 Å². The van der Waals surface area contributed by atoms with Crippen LogP contribution in [0.2, 0.25) is 5.02 Å². The zero-order valence-electron chi connectivity index (χ0n) is 12.6. The van der Waals surface area contributed by atoms with Gasteiger partial charge in [-0.05, 0) is 25.0 Å². The van der Waals surface area contributed by atoms with Crippen molar-refractivity contribution in [1.82, 2.24) is 9.80 Å². The lowest BCUT2D eigenvalue weighted by Crippen LogP contribution is -2.51. The van der Waals surface area contributed by atoms with Crippen LogP contribution in [0, 0.1) is 0 Å². The smallest absolute Gasteiger partial charge is 0.0486 e. The minimum absolute atomic E-state index is 0.239. The molecule has 1 fully saturated rings. The van der Waals surface area contributed by atoms with Crippen LogP contribution in [0.3, 0.4) is 0 Å². The fourth-order valence-corrected chi connectivity index (χ4v) is 3.23. The van der Waals surface area contributed by atoms with E-state index in [4.69, 9.17) is 17.3 Å². The van der Waals surface area contributed by atoms with Crippen LogP contribution in [0.4, 0.5) is 0 Å².